The molecule has 0 atom stereocenters. The fourth-order valence-electron chi connectivity index (χ4n) is 3.06. The number of halogens is 1. The summed E-state index contributed by atoms with van der Waals surface area (Å²) in [6.07, 6.45) is 5.92. The van der Waals surface area contributed by atoms with Crippen LogP contribution in [0, 0.1) is 6.92 Å². The number of aryl methyl sites for hydroxylation is 2. The van der Waals surface area contributed by atoms with E-state index in [0.29, 0.717) is 16.5 Å². The van der Waals surface area contributed by atoms with Crippen molar-refractivity contribution in [3.05, 3.63) is 89.0 Å². The quantitative estimate of drug-likeness (QED) is 0.379. The number of benzene rings is 2. The zero-order chi connectivity index (χ0) is 23.2. The van der Waals surface area contributed by atoms with E-state index < -0.39 is 0 Å². The van der Waals surface area contributed by atoms with Crippen LogP contribution in [0.5, 0.6) is 11.5 Å². The molecule has 0 aliphatic heterocycles. The minimum atomic E-state index is -0.341. The monoisotopic (exact) mass is 465 g/mol. The van der Waals surface area contributed by atoms with Crippen LogP contribution in [-0.2, 0) is 19.9 Å². The zero-order valence-electron chi connectivity index (χ0n) is 18.4. The van der Waals surface area contributed by atoms with Gasteiger partial charge in [-0.3, -0.25) is 4.79 Å². The SMILES string of the molecule is CCc1ccc(OCn2cc(NC(=O)c3ccn(COc4ccc(Cl)c(C)c4)n3)cn2)cc1. The van der Waals surface area contributed by atoms with Gasteiger partial charge in [0.15, 0.2) is 19.2 Å². The van der Waals surface area contributed by atoms with E-state index in [9.17, 15) is 4.79 Å². The maximum Gasteiger partial charge on any atom is 0.276 e. The molecule has 2 aromatic heterocycles. The van der Waals surface area contributed by atoms with Crippen LogP contribution in [0.2, 0.25) is 5.02 Å². The van der Waals surface area contributed by atoms with Crippen LogP contribution in [0.15, 0.2) is 67.1 Å². The van der Waals surface area contributed by atoms with Crippen LogP contribution in [0.3, 0.4) is 0 Å². The molecule has 0 fully saturated rings. The van der Waals surface area contributed by atoms with Crippen LogP contribution in [-0.4, -0.2) is 25.5 Å². The van der Waals surface area contributed by atoms with Crippen molar-refractivity contribution in [3.8, 4) is 11.5 Å². The average molecular weight is 466 g/mol. The molecule has 33 heavy (non-hydrogen) atoms. The Labute approximate surface area is 196 Å². The van der Waals surface area contributed by atoms with Crippen LogP contribution < -0.4 is 14.8 Å². The van der Waals surface area contributed by atoms with E-state index in [0.717, 1.165) is 17.7 Å². The Morgan fingerprint density at radius 2 is 1.76 bits per heavy atom. The van der Waals surface area contributed by atoms with Crippen LogP contribution in [0.25, 0.3) is 0 Å². The predicted molar refractivity (Wildman–Crippen MR) is 126 cm³/mol. The summed E-state index contributed by atoms with van der Waals surface area (Å²) in [6.45, 7) is 4.42. The number of rotatable bonds is 9. The molecule has 0 bridgehead atoms. The second-order valence-electron chi connectivity index (χ2n) is 7.42. The predicted octanol–water partition coefficient (Wildman–Crippen LogP) is 4.93. The number of nitrogens with one attached hydrogen (secondary N) is 1. The van der Waals surface area contributed by atoms with Crippen molar-refractivity contribution >= 4 is 23.2 Å². The van der Waals surface area contributed by atoms with Gasteiger partial charge in [0.2, 0.25) is 0 Å². The molecule has 0 radical (unpaired) electrons. The third-order valence-electron chi connectivity index (χ3n) is 4.95. The first-order valence-electron chi connectivity index (χ1n) is 10.5. The maximum atomic E-state index is 12.5. The smallest absolute Gasteiger partial charge is 0.276 e. The molecule has 0 spiro atoms. The van der Waals surface area contributed by atoms with Crippen molar-refractivity contribution in [2.75, 3.05) is 5.32 Å². The number of carbonyl (C=O) groups is 1. The highest BCUT2D eigenvalue weighted by molar-refractivity contribution is 6.31. The number of ether oxygens (including phenoxy) is 2. The summed E-state index contributed by atoms with van der Waals surface area (Å²) < 4.78 is 14.6. The standard InChI is InChI=1S/C24H24ClN5O3/c1-3-18-4-6-20(7-5-18)32-16-30-14-19(13-26-30)27-24(31)23-10-11-29(28-23)15-33-21-8-9-22(25)17(2)12-21/h4-14H,3,15-16H2,1-2H3,(H,27,31). The molecule has 9 heteroatoms. The number of aromatic nitrogens is 4. The fourth-order valence-corrected chi connectivity index (χ4v) is 3.18. The lowest BCUT2D eigenvalue weighted by atomic mass is 10.2. The van der Waals surface area contributed by atoms with Crippen molar-refractivity contribution in [3.63, 3.8) is 0 Å². The Kier molecular flexibility index (Phi) is 6.95. The number of amides is 1. The summed E-state index contributed by atoms with van der Waals surface area (Å²) in [5.74, 6) is 1.09. The Balaban J connectivity index is 1.28. The Morgan fingerprint density at radius 1 is 1.03 bits per heavy atom. The summed E-state index contributed by atoms with van der Waals surface area (Å²) in [5, 5.41) is 11.9. The van der Waals surface area contributed by atoms with E-state index in [4.69, 9.17) is 21.1 Å². The van der Waals surface area contributed by atoms with Crippen molar-refractivity contribution < 1.29 is 14.3 Å². The molecule has 0 unspecified atom stereocenters. The second kappa shape index (κ2) is 10.2. The third-order valence-corrected chi connectivity index (χ3v) is 5.38. The van der Waals surface area contributed by atoms with E-state index in [1.807, 2.05) is 37.3 Å². The van der Waals surface area contributed by atoms with Crippen LogP contribution >= 0.6 is 11.6 Å². The Bertz CT molecular complexity index is 1230. The van der Waals surface area contributed by atoms with E-state index in [1.165, 1.54) is 5.56 Å². The Morgan fingerprint density at radius 3 is 2.52 bits per heavy atom. The largest absolute Gasteiger partial charge is 0.471 e. The van der Waals surface area contributed by atoms with Gasteiger partial charge in [-0.15, -0.1) is 0 Å². The van der Waals surface area contributed by atoms with Crippen molar-refractivity contribution in [2.45, 2.75) is 33.7 Å². The first-order chi connectivity index (χ1) is 16.0. The first-order valence-corrected chi connectivity index (χ1v) is 10.9. The molecule has 8 nitrogen and oxygen atoms in total. The van der Waals surface area contributed by atoms with Crippen LogP contribution in [0.1, 0.15) is 28.5 Å². The van der Waals surface area contributed by atoms with Crippen molar-refractivity contribution in [2.24, 2.45) is 0 Å². The number of hydrogen-bond acceptors (Lipinski definition) is 5. The van der Waals surface area contributed by atoms with Gasteiger partial charge in [0.05, 0.1) is 18.1 Å². The maximum absolute atomic E-state index is 12.5. The lowest BCUT2D eigenvalue weighted by molar-refractivity contribution is 0.102. The average Bonchev–Trinajstić information content (AvgIpc) is 3.48. The van der Waals surface area contributed by atoms with Gasteiger partial charge in [-0.2, -0.15) is 10.2 Å². The molecular weight excluding hydrogens is 442 g/mol. The normalized spacial score (nSPS) is 10.8. The minimum Gasteiger partial charge on any atom is -0.471 e. The topological polar surface area (TPSA) is 83.2 Å². The number of anilines is 1. The summed E-state index contributed by atoms with van der Waals surface area (Å²) in [7, 11) is 0. The summed E-state index contributed by atoms with van der Waals surface area (Å²) in [6, 6.07) is 15.0. The van der Waals surface area contributed by atoms with Crippen molar-refractivity contribution in [1.29, 1.82) is 0 Å². The summed E-state index contributed by atoms with van der Waals surface area (Å²) >= 11 is 6.03. The highest BCUT2D eigenvalue weighted by Gasteiger charge is 2.11. The Hall–Kier alpha value is -3.78. The van der Waals surface area contributed by atoms with E-state index in [1.54, 1.807) is 46.2 Å². The molecule has 2 heterocycles. The molecule has 4 rings (SSSR count). The van der Waals surface area contributed by atoms with Gasteiger partial charge in [0.25, 0.3) is 5.91 Å². The van der Waals surface area contributed by atoms with Crippen LogP contribution in [0.4, 0.5) is 5.69 Å². The molecule has 0 saturated carbocycles. The van der Waals surface area contributed by atoms with Gasteiger partial charge in [-0.25, -0.2) is 9.36 Å². The van der Waals surface area contributed by atoms with Gasteiger partial charge in [-0.05, 0) is 60.9 Å². The highest BCUT2D eigenvalue weighted by Crippen LogP contribution is 2.21. The summed E-state index contributed by atoms with van der Waals surface area (Å²) in [4.78, 5) is 12.5. The molecule has 4 aromatic rings. The van der Waals surface area contributed by atoms with E-state index in [-0.39, 0.29) is 25.1 Å². The highest BCUT2D eigenvalue weighted by atomic mass is 35.5. The van der Waals surface area contributed by atoms with Gasteiger partial charge in [0.1, 0.15) is 11.5 Å². The van der Waals surface area contributed by atoms with Crippen molar-refractivity contribution in [1.82, 2.24) is 19.6 Å². The molecule has 0 aliphatic carbocycles. The molecular formula is C24H24ClN5O3. The number of nitrogens with zero attached hydrogens (tertiary/aromatic N) is 4. The molecule has 2 aromatic carbocycles. The van der Waals surface area contributed by atoms with Gasteiger partial charge < -0.3 is 14.8 Å². The first kappa shape index (κ1) is 22.4. The number of hydrogen-bond donors (Lipinski definition) is 1. The van der Waals surface area contributed by atoms with Gasteiger partial charge in [-0.1, -0.05) is 30.7 Å². The third kappa shape index (κ3) is 5.93. The molecule has 1 N–H and O–H groups in total. The van der Waals surface area contributed by atoms with Gasteiger partial charge >= 0.3 is 0 Å². The summed E-state index contributed by atoms with van der Waals surface area (Å²) in [5.41, 5.74) is 2.99. The minimum absolute atomic E-state index is 0.170. The zero-order valence-corrected chi connectivity index (χ0v) is 19.1. The molecule has 170 valence electrons. The molecule has 0 aliphatic rings. The molecule has 0 saturated heterocycles. The molecule has 1 amide bonds. The van der Waals surface area contributed by atoms with Gasteiger partial charge in [0, 0.05) is 11.2 Å². The number of carbonyl (C=O) groups excluding carboxylic acids is 1. The lowest BCUT2D eigenvalue weighted by Gasteiger charge is -2.07. The second-order valence-corrected chi connectivity index (χ2v) is 7.83. The van der Waals surface area contributed by atoms with E-state index >= 15 is 0 Å². The van der Waals surface area contributed by atoms with E-state index in [2.05, 4.69) is 22.4 Å². The lowest BCUT2D eigenvalue weighted by Crippen LogP contribution is -2.14. The fraction of sp³-hybridized carbons (Fsp3) is 0.208.